The van der Waals surface area contributed by atoms with E-state index < -0.39 is 5.41 Å². The first-order valence-corrected chi connectivity index (χ1v) is 7.23. The molecule has 4 heteroatoms. The molecule has 0 atom stereocenters. The fraction of sp³-hybridized carbons (Fsp3) is 0.222. The zero-order valence-corrected chi connectivity index (χ0v) is 12.9. The van der Waals surface area contributed by atoms with E-state index in [-0.39, 0.29) is 5.91 Å². The smallest absolute Gasteiger partial charge is 0.236 e. The van der Waals surface area contributed by atoms with Gasteiger partial charge in [0.2, 0.25) is 11.6 Å². The molecule has 0 amide bonds. The summed E-state index contributed by atoms with van der Waals surface area (Å²) in [5.74, 6) is 0.00308. The SMILES string of the molecule is CC(C)(C)C(=O)n1cc(-c2cccc[n+]2[O-])c2ccccc21. The van der Waals surface area contributed by atoms with Gasteiger partial charge in [0, 0.05) is 29.1 Å². The van der Waals surface area contributed by atoms with Crippen LogP contribution in [0.1, 0.15) is 25.6 Å². The zero-order valence-electron chi connectivity index (χ0n) is 12.9. The Morgan fingerprint density at radius 3 is 2.45 bits per heavy atom. The van der Waals surface area contributed by atoms with Crippen LogP contribution in [0.5, 0.6) is 0 Å². The molecule has 0 spiro atoms. The van der Waals surface area contributed by atoms with E-state index in [0.717, 1.165) is 21.2 Å². The molecule has 3 aromatic rings. The van der Waals surface area contributed by atoms with Gasteiger partial charge >= 0.3 is 0 Å². The number of carbonyl (C=O) groups excluding carboxylic acids is 1. The highest BCUT2D eigenvalue weighted by molar-refractivity contribution is 6.02. The van der Waals surface area contributed by atoms with Crippen molar-refractivity contribution in [1.82, 2.24) is 4.57 Å². The second kappa shape index (κ2) is 4.98. The van der Waals surface area contributed by atoms with Crippen molar-refractivity contribution in [3.05, 3.63) is 60.1 Å². The lowest BCUT2D eigenvalue weighted by Crippen LogP contribution is -2.28. The zero-order chi connectivity index (χ0) is 15.9. The molecule has 0 N–H and O–H groups in total. The molecule has 0 radical (unpaired) electrons. The predicted octanol–water partition coefficient (Wildman–Crippen LogP) is 3.63. The lowest BCUT2D eigenvalue weighted by atomic mass is 9.95. The second-order valence-electron chi connectivity index (χ2n) is 6.40. The molecule has 22 heavy (non-hydrogen) atoms. The van der Waals surface area contributed by atoms with Gasteiger partial charge in [0.25, 0.3) is 0 Å². The molecule has 0 aliphatic rings. The first-order chi connectivity index (χ1) is 10.4. The quantitative estimate of drug-likeness (QED) is 0.508. The van der Waals surface area contributed by atoms with Crippen molar-refractivity contribution in [2.45, 2.75) is 20.8 Å². The molecule has 1 aromatic carbocycles. The molecule has 0 bridgehead atoms. The van der Waals surface area contributed by atoms with Crippen LogP contribution in [0.4, 0.5) is 0 Å². The van der Waals surface area contributed by atoms with Gasteiger partial charge in [0.05, 0.1) is 11.1 Å². The maximum Gasteiger partial charge on any atom is 0.236 e. The van der Waals surface area contributed by atoms with Crippen molar-refractivity contribution >= 4 is 16.8 Å². The lowest BCUT2D eigenvalue weighted by Gasteiger charge is -2.17. The van der Waals surface area contributed by atoms with Gasteiger partial charge in [0.1, 0.15) is 0 Å². The minimum Gasteiger partial charge on any atom is -0.618 e. The topological polar surface area (TPSA) is 48.9 Å². The first kappa shape index (κ1) is 14.3. The van der Waals surface area contributed by atoms with Crippen LogP contribution < -0.4 is 4.73 Å². The van der Waals surface area contributed by atoms with Gasteiger partial charge in [-0.2, -0.15) is 4.73 Å². The number of pyridine rings is 1. The van der Waals surface area contributed by atoms with Crippen LogP contribution in [0.25, 0.3) is 22.2 Å². The summed E-state index contributed by atoms with van der Waals surface area (Å²) in [7, 11) is 0. The van der Waals surface area contributed by atoms with Gasteiger partial charge < -0.3 is 5.21 Å². The maximum absolute atomic E-state index is 12.7. The number of aromatic nitrogens is 2. The summed E-state index contributed by atoms with van der Waals surface area (Å²) in [6.45, 7) is 5.67. The van der Waals surface area contributed by atoms with Gasteiger partial charge in [-0.3, -0.25) is 9.36 Å². The highest BCUT2D eigenvalue weighted by atomic mass is 16.5. The summed E-state index contributed by atoms with van der Waals surface area (Å²) in [4.78, 5) is 12.7. The second-order valence-corrected chi connectivity index (χ2v) is 6.40. The molecular weight excluding hydrogens is 276 g/mol. The monoisotopic (exact) mass is 294 g/mol. The number of hydrogen-bond donors (Lipinski definition) is 0. The number of fused-ring (bicyclic) bond motifs is 1. The number of benzene rings is 1. The first-order valence-electron chi connectivity index (χ1n) is 7.23. The van der Waals surface area contributed by atoms with E-state index in [2.05, 4.69) is 0 Å². The molecule has 0 saturated heterocycles. The van der Waals surface area contributed by atoms with Gasteiger partial charge in [0.15, 0.2) is 6.20 Å². The highest BCUT2D eigenvalue weighted by Crippen LogP contribution is 2.30. The van der Waals surface area contributed by atoms with Crippen LogP contribution in [0.2, 0.25) is 0 Å². The Morgan fingerprint density at radius 1 is 1.09 bits per heavy atom. The molecule has 112 valence electrons. The normalized spacial score (nSPS) is 11.8. The Kier molecular flexibility index (Phi) is 3.24. The van der Waals surface area contributed by atoms with Crippen molar-refractivity contribution in [2.24, 2.45) is 5.41 Å². The van der Waals surface area contributed by atoms with Crippen LogP contribution in [-0.4, -0.2) is 10.5 Å². The summed E-state index contributed by atoms with van der Waals surface area (Å²) in [6.07, 6.45) is 3.23. The summed E-state index contributed by atoms with van der Waals surface area (Å²) in [5.41, 5.74) is 1.63. The van der Waals surface area contributed by atoms with Crippen LogP contribution in [0, 0.1) is 10.6 Å². The van der Waals surface area contributed by atoms with E-state index in [4.69, 9.17) is 0 Å². The largest absolute Gasteiger partial charge is 0.618 e. The van der Waals surface area contributed by atoms with E-state index >= 15 is 0 Å². The van der Waals surface area contributed by atoms with E-state index in [0.29, 0.717) is 5.69 Å². The van der Waals surface area contributed by atoms with Crippen molar-refractivity contribution in [3.8, 4) is 11.3 Å². The third-order valence-electron chi connectivity index (χ3n) is 3.67. The Hall–Kier alpha value is -2.62. The minimum atomic E-state index is -0.497. The van der Waals surface area contributed by atoms with Crippen LogP contribution in [-0.2, 0) is 0 Å². The lowest BCUT2D eigenvalue weighted by molar-refractivity contribution is -0.593. The maximum atomic E-state index is 12.7. The van der Waals surface area contributed by atoms with Crippen LogP contribution in [0.3, 0.4) is 0 Å². The third-order valence-corrected chi connectivity index (χ3v) is 3.67. The Morgan fingerprint density at radius 2 is 1.77 bits per heavy atom. The van der Waals surface area contributed by atoms with Gasteiger partial charge in [-0.1, -0.05) is 39.0 Å². The average molecular weight is 294 g/mol. The third kappa shape index (κ3) is 2.26. The molecule has 0 aliphatic heterocycles. The number of carbonyl (C=O) groups is 1. The number of para-hydroxylation sites is 1. The highest BCUT2D eigenvalue weighted by Gasteiger charge is 2.26. The molecule has 0 saturated carbocycles. The van der Waals surface area contributed by atoms with E-state index in [9.17, 15) is 10.0 Å². The molecule has 3 rings (SSSR count). The molecular formula is C18H18N2O2. The van der Waals surface area contributed by atoms with E-state index in [1.165, 1.54) is 6.20 Å². The van der Waals surface area contributed by atoms with E-state index in [1.54, 1.807) is 22.9 Å². The molecule has 0 fully saturated rings. The predicted molar refractivity (Wildman–Crippen MR) is 86.4 cm³/mol. The summed E-state index contributed by atoms with van der Waals surface area (Å²) >= 11 is 0. The molecule has 4 nitrogen and oxygen atoms in total. The fourth-order valence-electron chi connectivity index (χ4n) is 2.55. The number of hydrogen-bond acceptors (Lipinski definition) is 2. The van der Waals surface area contributed by atoms with Crippen molar-refractivity contribution < 1.29 is 9.52 Å². The van der Waals surface area contributed by atoms with Gasteiger partial charge in [-0.05, 0) is 12.1 Å². The van der Waals surface area contributed by atoms with Crippen LogP contribution in [0.15, 0.2) is 54.9 Å². The summed E-state index contributed by atoms with van der Waals surface area (Å²) in [6, 6.07) is 12.9. The standard InChI is InChI=1S/C18H18N2O2/c1-18(2,3)17(21)19-12-14(13-8-4-5-9-15(13)19)16-10-6-7-11-20(16)22/h4-12H,1-3H3. The summed E-state index contributed by atoms with van der Waals surface area (Å²) < 4.78 is 2.48. The Balaban J connectivity index is 2.30. The van der Waals surface area contributed by atoms with Crippen molar-refractivity contribution in [2.75, 3.05) is 0 Å². The molecule has 0 aliphatic carbocycles. The van der Waals surface area contributed by atoms with Gasteiger partial charge in [-0.15, -0.1) is 0 Å². The molecule has 2 aromatic heterocycles. The Bertz CT molecular complexity index is 857. The fourth-order valence-corrected chi connectivity index (χ4v) is 2.55. The summed E-state index contributed by atoms with van der Waals surface area (Å²) in [5, 5.41) is 13.0. The Labute approximate surface area is 129 Å². The number of rotatable bonds is 1. The van der Waals surface area contributed by atoms with Gasteiger partial charge in [-0.25, -0.2) is 0 Å². The van der Waals surface area contributed by atoms with Crippen molar-refractivity contribution in [3.63, 3.8) is 0 Å². The minimum absolute atomic E-state index is 0.00308. The van der Waals surface area contributed by atoms with E-state index in [1.807, 2.05) is 51.1 Å². The molecule has 0 unspecified atom stereocenters. The number of nitrogens with zero attached hydrogens (tertiary/aromatic N) is 2. The average Bonchev–Trinajstić information content (AvgIpc) is 2.85. The molecule has 2 heterocycles. The van der Waals surface area contributed by atoms with Crippen molar-refractivity contribution in [1.29, 1.82) is 0 Å². The van der Waals surface area contributed by atoms with Crippen LogP contribution >= 0.6 is 0 Å².